The van der Waals surface area contributed by atoms with Crippen molar-refractivity contribution < 1.29 is 18.3 Å². The summed E-state index contributed by atoms with van der Waals surface area (Å²) >= 11 is 0. The van der Waals surface area contributed by atoms with Crippen LogP contribution in [0, 0.1) is 17.6 Å². The van der Waals surface area contributed by atoms with Crippen LogP contribution in [-0.4, -0.2) is 13.2 Å². The highest BCUT2D eigenvalue weighted by atomic mass is 19.2. The number of aryl methyl sites for hydroxylation is 1. The van der Waals surface area contributed by atoms with Gasteiger partial charge in [0.2, 0.25) is 11.6 Å². The number of halogens is 2. The lowest BCUT2D eigenvalue weighted by Crippen LogP contribution is -2.15. The van der Waals surface area contributed by atoms with Crippen LogP contribution in [-0.2, 0) is 6.42 Å². The van der Waals surface area contributed by atoms with Crippen molar-refractivity contribution in [3.63, 3.8) is 0 Å². The SMILES string of the molecule is CCCc1ccc(-c2ccc(C3C=CC(COc4ccc(OCC)c(F)c4F)CC3)cc2)cc1. The molecule has 2 atom stereocenters. The van der Waals surface area contributed by atoms with Crippen molar-refractivity contribution in [3.05, 3.63) is 95.6 Å². The fourth-order valence-electron chi connectivity index (χ4n) is 4.46. The topological polar surface area (TPSA) is 18.5 Å². The molecule has 1 aliphatic rings. The first kappa shape index (κ1) is 24.0. The average molecular weight is 463 g/mol. The molecule has 0 amide bonds. The van der Waals surface area contributed by atoms with Gasteiger partial charge in [0.1, 0.15) is 0 Å². The molecule has 0 bridgehead atoms. The largest absolute Gasteiger partial charge is 0.491 e. The lowest BCUT2D eigenvalue weighted by atomic mass is 9.84. The molecule has 4 rings (SSSR count). The summed E-state index contributed by atoms with van der Waals surface area (Å²) in [6.45, 7) is 4.52. The molecule has 2 unspecified atom stereocenters. The van der Waals surface area contributed by atoms with Gasteiger partial charge in [0, 0.05) is 11.8 Å². The quantitative estimate of drug-likeness (QED) is 0.299. The molecule has 34 heavy (non-hydrogen) atoms. The van der Waals surface area contributed by atoms with Gasteiger partial charge >= 0.3 is 0 Å². The summed E-state index contributed by atoms with van der Waals surface area (Å²) < 4.78 is 39.0. The minimum absolute atomic E-state index is 0.0743. The normalized spacial score (nSPS) is 17.5. The average Bonchev–Trinajstić information content (AvgIpc) is 2.88. The monoisotopic (exact) mass is 462 g/mol. The van der Waals surface area contributed by atoms with Crippen LogP contribution in [0.1, 0.15) is 50.2 Å². The van der Waals surface area contributed by atoms with Gasteiger partial charge in [-0.3, -0.25) is 0 Å². The molecular formula is C30H32F2O2. The van der Waals surface area contributed by atoms with Crippen LogP contribution >= 0.6 is 0 Å². The molecule has 0 aliphatic heterocycles. The first-order valence-corrected chi connectivity index (χ1v) is 12.2. The Bertz CT molecular complexity index is 1100. The van der Waals surface area contributed by atoms with Gasteiger partial charge in [-0.25, -0.2) is 0 Å². The van der Waals surface area contributed by atoms with Crippen molar-refractivity contribution in [3.8, 4) is 22.6 Å². The third kappa shape index (κ3) is 5.67. The molecule has 2 nitrogen and oxygen atoms in total. The van der Waals surface area contributed by atoms with E-state index in [1.807, 2.05) is 0 Å². The summed E-state index contributed by atoms with van der Waals surface area (Å²) in [6.07, 6.45) is 8.55. The fourth-order valence-corrected chi connectivity index (χ4v) is 4.46. The first-order valence-electron chi connectivity index (χ1n) is 12.2. The van der Waals surface area contributed by atoms with Crippen LogP contribution in [0.5, 0.6) is 11.5 Å². The maximum absolute atomic E-state index is 14.2. The molecule has 0 aromatic heterocycles. The van der Waals surface area contributed by atoms with Gasteiger partial charge in [-0.1, -0.05) is 74.0 Å². The summed E-state index contributed by atoms with van der Waals surface area (Å²) in [5.74, 6) is -1.63. The molecule has 0 radical (unpaired) electrons. The molecule has 3 aromatic rings. The minimum Gasteiger partial charge on any atom is -0.491 e. The van der Waals surface area contributed by atoms with Gasteiger partial charge in [0.05, 0.1) is 13.2 Å². The Morgan fingerprint density at radius 3 is 1.91 bits per heavy atom. The van der Waals surface area contributed by atoms with Crippen molar-refractivity contribution in [1.82, 2.24) is 0 Å². The smallest absolute Gasteiger partial charge is 0.204 e. The molecule has 4 heteroatoms. The van der Waals surface area contributed by atoms with Crippen LogP contribution in [0.2, 0.25) is 0 Å². The second-order valence-electron chi connectivity index (χ2n) is 8.83. The highest BCUT2D eigenvalue weighted by Crippen LogP contribution is 2.33. The first-order chi connectivity index (χ1) is 16.6. The van der Waals surface area contributed by atoms with Crippen LogP contribution in [0.3, 0.4) is 0 Å². The Morgan fingerprint density at radius 1 is 0.735 bits per heavy atom. The highest BCUT2D eigenvalue weighted by molar-refractivity contribution is 5.64. The van der Waals surface area contributed by atoms with Crippen LogP contribution in [0.4, 0.5) is 8.78 Å². The standard InChI is InChI=1S/C30H32F2O2/c1-3-5-21-6-10-23(11-7-21)25-14-16-26(17-15-25)24-12-8-22(9-13-24)20-34-28-19-18-27(33-4-2)29(31)30(28)32/h6-8,10-12,14-19,22,24H,3-5,9,13,20H2,1-2H3. The number of hydrogen-bond donors (Lipinski definition) is 0. The Labute approximate surface area is 201 Å². The van der Waals surface area contributed by atoms with Gasteiger partial charge in [-0.2, -0.15) is 8.78 Å². The van der Waals surface area contributed by atoms with Crippen LogP contribution < -0.4 is 9.47 Å². The molecule has 0 saturated heterocycles. The van der Waals surface area contributed by atoms with Gasteiger partial charge in [0.25, 0.3) is 0 Å². The second kappa shape index (κ2) is 11.3. The van der Waals surface area contributed by atoms with E-state index in [4.69, 9.17) is 9.47 Å². The maximum Gasteiger partial charge on any atom is 0.204 e. The van der Waals surface area contributed by atoms with E-state index in [0.717, 1.165) is 25.7 Å². The summed E-state index contributed by atoms with van der Waals surface area (Å²) in [5, 5.41) is 0. The molecule has 1 aliphatic carbocycles. The molecule has 0 fully saturated rings. The maximum atomic E-state index is 14.2. The van der Waals surface area contributed by atoms with E-state index in [-0.39, 0.29) is 24.0 Å². The van der Waals surface area contributed by atoms with Gasteiger partial charge < -0.3 is 9.47 Å². The molecular weight excluding hydrogens is 430 g/mol. The van der Waals surface area contributed by atoms with Crippen molar-refractivity contribution in [1.29, 1.82) is 0 Å². The molecule has 3 aromatic carbocycles. The molecule has 178 valence electrons. The zero-order valence-corrected chi connectivity index (χ0v) is 19.9. The summed E-state index contributed by atoms with van der Waals surface area (Å²) in [6, 6.07) is 20.5. The molecule has 0 spiro atoms. The van der Waals surface area contributed by atoms with Crippen molar-refractivity contribution in [2.24, 2.45) is 5.92 Å². The molecule has 0 N–H and O–H groups in total. The van der Waals surface area contributed by atoms with Crippen molar-refractivity contribution >= 4 is 0 Å². The third-order valence-corrected chi connectivity index (χ3v) is 6.39. The Hall–Kier alpha value is -3.14. The third-order valence-electron chi connectivity index (χ3n) is 6.39. The van der Waals surface area contributed by atoms with E-state index in [9.17, 15) is 8.78 Å². The second-order valence-corrected chi connectivity index (χ2v) is 8.83. The number of ether oxygens (including phenoxy) is 2. The lowest BCUT2D eigenvalue weighted by Gasteiger charge is -2.23. The molecule has 0 saturated carbocycles. The Balaban J connectivity index is 1.33. The van der Waals surface area contributed by atoms with Crippen molar-refractivity contribution in [2.45, 2.75) is 45.4 Å². The Kier molecular flexibility index (Phi) is 7.99. The van der Waals surface area contributed by atoms with E-state index in [1.54, 1.807) is 6.92 Å². The number of hydrogen-bond acceptors (Lipinski definition) is 2. The predicted octanol–water partition coefficient (Wildman–Crippen LogP) is 8.11. The van der Waals surface area contributed by atoms with Gasteiger partial charge in [-0.05, 0) is 60.6 Å². The van der Waals surface area contributed by atoms with Crippen LogP contribution in [0.25, 0.3) is 11.1 Å². The van der Waals surface area contributed by atoms with E-state index in [2.05, 4.69) is 67.6 Å². The minimum atomic E-state index is -1.00. The van der Waals surface area contributed by atoms with E-state index in [1.165, 1.54) is 34.4 Å². The summed E-state index contributed by atoms with van der Waals surface area (Å²) in [7, 11) is 0. The van der Waals surface area contributed by atoms with E-state index < -0.39 is 11.6 Å². The number of rotatable bonds is 9. The summed E-state index contributed by atoms with van der Waals surface area (Å²) in [5.41, 5.74) is 5.13. The highest BCUT2D eigenvalue weighted by Gasteiger charge is 2.20. The fraction of sp³-hybridized carbons (Fsp3) is 0.333. The number of benzene rings is 3. The summed E-state index contributed by atoms with van der Waals surface area (Å²) in [4.78, 5) is 0. The van der Waals surface area contributed by atoms with Crippen LogP contribution in [0.15, 0.2) is 72.8 Å². The molecule has 0 heterocycles. The number of allylic oxidation sites excluding steroid dienone is 1. The van der Waals surface area contributed by atoms with Gasteiger partial charge in [-0.15, -0.1) is 0 Å². The predicted molar refractivity (Wildman–Crippen MR) is 134 cm³/mol. The van der Waals surface area contributed by atoms with Gasteiger partial charge in [0.15, 0.2) is 11.5 Å². The van der Waals surface area contributed by atoms with E-state index >= 15 is 0 Å². The Morgan fingerprint density at radius 2 is 1.35 bits per heavy atom. The zero-order valence-electron chi connectivity index (χ0n) is 19.9. The van der Waals surface area contributed by atoms with Crippen molar-refractivity contribution in [2.75, 3.05) is 13.2 Å². The lowest BCUT2D eigenvalue weighted by molar-refractivity contribution is 0.243. The zero-order chi connectivity index (χ0) is 23.9. The van der Waals surface area contributed by atoms with E-state index in [0.29, 0.717) is 12.5 Å².